The molecule has 22 heavy (non-hydrogen) atoms. The Morgan fingerprint density at radius 1 is 0.864 bits per heavy atom. The first kappa shape index (κ1) is 19.9. The molecule has 1 unspecified atom stereocenters. The van der Waals surface area contributed by atoms with E-state index in [4.69, 9.17) is 9.47 Å². The molecule has 3 atom stereocenters. The van der Waals surface area contributed by atoms with Gasteiger partial charge in [0.05, 0.1) is 6.61 Å². The van der Waals surface area contributed by atoms with E-state index in [0.29, 0.717) is 6.04 Å². The summed E-state index contributed by atoms with van der Waals surface area (Å²) in [6, 6.07) is 1.25. The van der Waals surface area contributed by atoms with Crippen LogP contribution in [0.1, 0.15) is 91.4 Å². The van der Waals surface area contributed by atoms with Gasteiger partial charge in [-0.05, 0) is 33.1 Å². The van der Waals surface area contributed by atoms with Crippen molar-refractivity contribution in [3.05, 3.63) is 0 Å². The van der Waals surface area contributed by atoms with Crippen molar-refractivity contribution in [3.8, 4) is 0 Å². The molecule has 132 valence electrons. The van der Waals surface area contributed by atoms with Crippen LogP contribution in [0.2, 0.25) is 0 Å². The fourth-order valence-corrected chi connectivity index (χ4v) is 3.32. The number of nitrogens with one attached hydrogen (secondary N) is 1. The van der Waals surface area contributed by atoms with E-state index in [1.54, 1.807) is 0 Å². The largest absolute Gasteiger partial charge is 0.353 e. The van der Waals surface area contributed by atoms with Gasteiger partial charge in [0.2, 0.25) is 0 Å². The van der Waals surface area contributed by atoms with Crippen molar-refractivity contribution < 1.29 is 9.47 Å². The molecular weight excluding hydrogens is 274 g/mol. The van der Waals surface area contributed by atoms with E-state index in [-0.39, 0.29) is 6.29 Å². The normalized spacial score (nSPS) is 23.0. The van der Waals surface area contributed by atoms with Gasteiger partial charge in [-0.1, -0.05) is 58.3 Å². The lowest BCUT2D eigenvalue weighted by atomic mass is 10.0. The maximum Gasteiger partial charge on any atom is 0.154 e. The summed E-state index contributed by atoms with van der Waals surface area (Å²) in [5.41, 5.74) is 0. The third-order valence-corrected chi connectivity index (χ3v) is 4.67. The third kappa shape index (κ3) is 9.81. The molecule has 0 aromatic carbocycles. The Hall–Kier alpha value is -0.120. The Kier molecular flexibility index (Phi) is 12.1. The maximum atomic E-state index is 5.72. The number of hydrogen-bond donors (Lipinski definition) is 1. The van der Waals surface area contributed by atoms with Crippen LogP contribution in [-0.2, 0) is 9.47 Å². The van der Waals surface area contributed by atoms with Crippen molar-refractivity contribution in [1.82, 2.24) is 5.32 Å². The van der Waals surface area contributed by atoms with E-state index in [2.05, 4.69) is 12.2 Å². The fourth-order valence-electron chi connectivity index (χ4n) is 3.32. The Balaban J connectivity index is 1.91. The third-order valence-electron chi connectivity index (χ3n) is 4.67. The first-order valence-corrected chi connectivity index (χ1v) is 9.75. The van der Waals surface area contributed by atoms with Gasteiger partial charge < -0.3 is 14.8 Å². The molecular formula is C19H39NO2. The van der Waals surface area contributed by atoms with Gasteiger partial charge in [-0.15, -0.1) is 0 Å². The van der Waals surface area contributed by atoms with Crippen molar-refractivity contribution in [2.75, 3.05) is 13.2 Å². The summed E-state index contributed by atoms with van der Waals surface area (Å²) in [7, 11) is 0. The first-order valence-electron chi connectivity index (χ1n) is 9.75. The Morgan fingerprint density at radius 3 is 2.18 bits per heavy atom. The van der Waals surface area contributed by atoms with Crippen LogP contribution in [0.4, 0.5) is 0 Å². The van der Waals surface area contributed by atoms with Crippen molar-refractivity contribution >= 4 is 0 Å². The molecule has 1 fully saturated rings. The van der Waals surface area contributed by atoms with Gasteiger partial charge in [0.1, 0.15) is 0 Å². The van der Waals surface area contributed by atoms with Crippen LogP contribution < -0.4 is 5.32 Å². The lowest BCUT2D eigenvalue weighted by Gasteiger charge is -2.18. The first-order chi connectivity index (χ1) is 10.8. The van der Waals surface area contributed by atoms with E-state index in [1.165, 1.54) is 70.6 Å². The minimum absolute atomic E-state index is 0.0708. The van der Waals surface area contributed by atoms with Crippen molar-refractivity contribution in [1.29, 1.82) is 0 Å². The molecule has 0 saturated carbocycles. The lowest BCUT2D eigenvalue weighted by Crippen LogP contribution is -2.34. The van der Waals surface area contributed by atoms with Gasteiger partial charge in [0.15, 0.2) is 6.29 Å². The molecule has 1 N–H and O–H groups in total. The van der Waals surface area contributed by atoms with Gasteiger partial charge in [0, 0.05) is 18.7 Å². The number of hydrogen-bond acceptors (Lipinski definition) is 3. The highest BCUT2D eigenvalue weighted by atomic mass is 16.7. The minimum Gasteiger partial charge on any atom is -0.353 e. The highest BCUT2D eigenvalue weighted by Crippen LogP contribution is 2.19. The molecule has 0 amide bonds. The van der Waals surface area contributed by atoms with Crippen molar-refractivity contribution in [3.63, 3.8) is 0 Å². The smallest absolute Gasteiger partial charge is 0.154 e. The summed E-state index contributed by atoms with van der Waals surface area (Å²) in [5, 5.41) is 3.73. The minimum atomic E-state index is -0.0708. The Morgan fingerprint density at radius 2 is 1.50 bits per heavy atom. The summed E-state index contributed by atoms with van der Waals surface area (Å²) in [5.74, 6) is 0. The molecule has 0 aromatic rings. The molecule has 3 heteroatoms. The molecule has 3 nitrogen and oxygen atoms in total. The average molecular weight is 314 g/mol. The van der Waals surface area contributed by atoms with Crippen LogP contribution in [0.15, 0.2) is 0 Å². The molecule has 0 spiro atoms. The van der Waals surface area contributed by atoms with E-state index in [1.807, 2.05) is 13.8 Å². The van der Waals surface area contributed by atoms with Crippen LogP contribution in [-0.4, -0.2) is 31.6 Å². The average Bonchev–Trinajstić information content (AvgIpc) is 2.96. The van der Waals surface area contributed by atoms with E-state index in [9.17, 15) is 0 Å². The maximum absolute atomic E-state index is 5.72. The Labute approximate surface area is 138 Å². The van der Waals surface area contributed by atoms with E-state index >= 15 is 0 Å². The summed E-state index contributed by atoms with van der Waals surface area (Å²) >= 11 is 0. The van der Waals surface area contributed by atoms with Crippen molar-refractivity contribution in [2.45, 2.75) is 110 Å². The van der Waals surface area contributed by atoms with Crippen LogP contribution in [0.25, 0.3) is 0 Å². The van der Waals surface area contributed by atoms with Crippen LogP contribution in [0, 0.1) is 0 Å². The van der Waals surface area contributed by atoms with Gasteiger partial charge >= 0.3 is 0 Å². The standard InChI is InChI=1S/C19H39NO2/c1-4-6-7-8-9-10-11-12-13-18-14-15-19(20-18)16-22-17(3)21-5-2/h17-20H,4-16H2,1-3H3/t17?,18-,19-/m0/s1. The highest BCUT2D eigenvalue weighted by Gasteiger charge is 2.23. The van der Waals surface area contributed by atoms with Gasteiger partial charge in [0.25, 0.3) is 0 Å². The van der Waals surface area contributed by atoms with Crippen molar-refractivity contribution in [2.24, 2.45) is 0 Å². The zero-order valence-electron chi connectivity index (χ0n) is 15.2. The molecule has 0 radical (unpaired) electrons. The number of ether oxygens (including phenoxy) is 2. The molecule has 1 aliphatic heterocycles. The summed E-state index contributed by atoms with van der Waals surface area (Å²) in [6.07, 6.45) is 15.1. The van der Waals surface area contributed by atoms with Gasteiger partial charge in [-0.3, -0.25) is 0 Å². The quantitative estimate of drug-likeness (QED) is 0.360. The second kappa shape index (κ2) is 13.3. The Bertz CT molecular complexity index is 248. The molecule has 0 aliphatic carbocycles. The molecule has 0 bridgehead atoms. The molecule has 0 aromatic heterocycles. The molecule has 1 rings (SSSR count). The molecule has 1 heterocycles. The highest BCUT2D eigenvalue weighted by molar-refractivity contribution is 4.83. The zero-order valence-corrected chi connectivity index (χ0v) is 15.2. The van der Waals surface area contributed by atoms with Gasteiger partial charge in [-0.2, -0.15) is 0 Å². The van der Waals surface area contributed by atoms with Crippen LogP contribution in [0.3, 0.4) is 0 Å². The summed E-state index contributed by atoms with van der Waals surface area (Å²) in [4.78, 5) is 0. The second-order valence-electron chi connectivity index (χ2n) is 6.76. The topological polar surface area (TPSA) is 30.5 Å². The van der Waals surface area contributed by atoms with Crippen LogP contribution in [0.5, 0.6) is 0 Å². The number of rotatable bonds is 14. The van der Waals surface area contributed by atoms with Gasteiger partial charge in [-0.25, -0.2) is 0 Å². The monoisotopic (exact) mass is 313 g/mol. The summed E-state index contributed by atoms with van der Waals surface area (Å²) < 4.78 is 11.1. The molecule has 1 aliphatic rings. The SMILES string of the molecule is CCCCCCCCCC[C@H]1CC[C@@H](COC(C)OCC)N1. The molecule has 1 saturated heterocycles. The predicted octanol–water partition coefficient (Wildman–Crippen LogP) is 5.04. The second-order valence-corrected chi connectivity index (χ2v) is 6.76. The fraction of sp³-hybridized carbons (Fsp3) is 1.00. The lowest BCUT2D eigenvalue weighted by molar-refractivity contribution is -0.130. The predicted molar refractivity (Wildman–Crippen MR) is 94.2 cm³/mol. The van der Waals surface area contributed by atoms with E-state index in [0.717, 1.165) is 19.3 Å². The zero-order chi connectivity index (χ0) is 16.0. The summed E-state index contributed by atoms with van der Waals surface area (Å²) in [6.45, 7) is 7.78. The van der Waals surface area contributed by atoms with E-state index < -0.39 is 0 Å². The van der Waals surface area contributed by atoms with Crippen LogP contribution >= 0.6 is 0 Å². The number of unbranched alkanes of at least 4 members (excludes halogenated alkanes) is 7.